The van der Waals surface area contributed by atoms with Crippen LogP contribution in [-0.4, -0.2) is 13.1 Å². The van der Waals surface area contributed by atoms with E-state index in [1.54, 1.807) is 0 Å². The second-order valence-corrected chi connectivity index (χ2v) is 1.38. The summed E-state index contributed by atoms with van der Waals surface area (Å²) in [7, 11) is 0. The van der Waals surface area contributed by atoms with E-state index in [1.165, 1.54) is 0 Å². The Balaban J connectivity index is 2.18. The highest BCUT2D eigenvalue weighted by Gasteiger charge is 2.05. The molecule has 1 rings (SSSR count). The van der Waals surface area contributed by atoms with Crippen LogP contribution in [0.1, 0.15) is 6.42 Å². The van der Waals surface area contributed by atoms with Gasteiger partial charge in [0.25, 0.3) is 0 Å². The lowest BCUT2D eigenvalue weighted by Gasteiger charge is -2.08. The van der Waals surface area contributed by atoms with Gasteiger partial charge in [0.2, 0.25) is 0 Å². The van der Waals surface area contributed by atoms with Gasteiger partial charge in [-0.1, -0.05) is 0 Å². The van der Waals surface area contributed by atoms with Crippen LogP contribution in [-0.2, 0) is 0 Å². The summed E-state index contributed by atoms with van der Waals surface area (Å²) in [6, 6.07) is 0. The first-order valence-corrected chi connectivity index (χ1v) is 2.10. The summed E-state index contributed by atoms with van der Waals surface area (Å²) in [5.74, 6) is 0. The van der Waals surface area contributed by atoms with Crippen molar-refractivity contribution in [3.05, 3.63) is 5.21 Å². The van der Waals surface area contributed by atoms with Crippen molar-refractivity contribution in [1.82, 2.24) is 5.43 Å². The molecule has 3 heteroatoms. The van der Waals surface area contributed by atoms with Crippen LogP contribution < -0.4 is 10.6 Å². The third-order valence-corrected chi connectivity index (χ3v) is 0.837. The molecule has 1 aliphatic heterocycles. The molecule has 6 heavy (non-hydrogen) atoms. The van der Waals surface area contributed by atoms with E-state index in [0.29, 0.717) is 6.54 Å². The average molecular weight is 87.1 g/mol. The van der Waals surface area contributed by atoms with Gasteiger partial charge in [0.05, 0.1) is 13.1 Å². The third kappa shape index (κ3) is 0.680. The van der Waals surface area contributed by atoms with E-state index in [0.717, 1.165) is 13.0 Å². The van der Waals surface area contributed by atoms with Crippen molar-refractivity contribution < 1.29 is 5.17 Å². The number of nitrogens with one attached hydrogen (secondary N) is 1. The van der Waals surface area contributed by atoms with Crippen LogP contribution in [0, 0.1) is 5.21 Å². The van der Waals surface area contributed by atoms with Gasteiger partial charge < -0.3 is 5.21 Å². The Bertz CT molecular complexity index is 42.1. The topological polar surface area (TPSA) is 41.6 Å². The van der Waals surface area contributed by atoms with Gasteiger partial charge >= 0.3 is 0 Å². The van der Waals surface area contributed by atoms with Crippen molar-refractivity contribution in [1.29, 1.82) is 0 Å². The lowest BCUT2D eigenvalue weighted by Crippen LogP contribution is -3.08. The van der Waals surface area contributed by atoms with E-state index in [-0.39, 0.29) is 5.17 Å². The molecule has 1 heterocycles. The molecule has 0 aromatic rings. The first kappa shape index (κ1) is 4.05. The number of hydrogen-bond donors (Lipinski definition) is 1. The van der Waals surface area contributed by atoms with Gasteiger partial charge in [0.15, 0.2) is 0 Å². The molecule has 0 aromatic heterocycles. The van der Waals surface area contributed by atoms with E-state index >= 15 is 0 Å². The molecule has 0 spiro atoms. The van der Waals surface area contributed by atoms with E-state index in [2.05, 4.69) is 5.43 Å². The zero-order valence-corrected chi connectivity index (χ0v) is 3.48. The van der Waals surface area contributed by atoms with Crippen molar-refractivity contribution in [2.24, 2.45) is 0 Å². The Kier molecular flexibility index (Phi) is 1.05. The molecule has 0 saturated carbocycles. The molecule has 1 saturated heterocycles. The zero-order chi connectivity index (χ0) is 4.41. The van der Waals surface area contributed by atoms with Crippen molar-refractivity contribution in [2.45, 2.75) is 6.42 Å². The molecule has 0 aromatic carbocycles. The smallest absolute Gasteiger partial charge is 0.0973 e. The quantitative estimate of drug-likeness (QED) is 0.351. The Morgan fingerprint density at radius 1 is 1.67 bits per heavy atom. The normalized spacial score (nSPS) is 34.5. The molecule has 1 radical (unpaired) electrons. The largest absolute Gasteiger partial charge is 0.612 e. The van der Waals surface area contributed by atoms with Crippen LogP contribution in [0.3, 0.4) is 0 Å². The Hall–Kier alpha value is -0.120. The van der Waals surface area contributed by atoms with Gasteiger partial charge in [-0.25, -0.2) is 0 Å². The fraction of sp³-hybridized carbons (Fsp3) is 1.00. The van der Waals surface area contributed by atoms with Crippen molar-refractivity contribution in [3.63, 3.8) is 0 Å². The van der Waals surface area contributed by atoms with Gasteiger partial charge in [-0.2, -0.15) is 0 Å². The fourth-order valence-electron chi connectivity index (χ4n) is 0.513. The molecule has 1 unspecified atom stereocenters. The van der Waals surface area contributed by atoms with E-state index in [1.807, 2.05) is 0 Å². The van der Waals surface area contributed by atoms with Crippen molar-refractivity contribution in [3.8, 4) is 0 Å². The lowest BCUT2D eigenvalue weighted by atomic mass is 10.5. The van der Waals surface area contributed by atoms with Gasteiger partial charge in [0, 0.05) is 6.42 Å². The first-order chi connectivity index (χ1) is 2.89. The number of hydrogen-bond acceptors (Lipinski definition) is 1. The molecule has 0 amide bonds. The molecular formula is C3H7N2O. The molecule has 1 fully saturated rings. The molecule has 0 aliphatic carbocycles. The minimum Gasteiger partial charge on any atom is -0.612 e. The number of nitrogens with zero attached hydrogens (tertiary/aromatic N) is 1. The van der Waals surface area contributed by atoms with E-state index in [4.69, 9.17) is 0 Å². The highest BCUT2D eigenvalue weighted by molar-refractivity contribution is 4.39. The Morgan fingerprint density at radius 2 is 2.50 bits per heavy atom. The predicted molar refractivity (Wildman–Crippen MR) is 20.8 cm³/mol. The maximum atomic E-state index is 10.1. The van der Waals surface area contributed by atoms with Gasteiger partial charge in [-0.15, -0.1) is 0 Å². The van der Waals surface area contributed by atoms with Crippen LogP contribution in [0.25, 0.3) is 0 Å². The molecule has 1 aliphatic rings. The van der Waals surface area contributed by atoms with Gasteiger partial charge in [0.1, 0.15) is 0 Å². The monoisotopic (exact) mass is 87.1 g/mol. The summed E-state index contributed by atoms with van der Waals surface area (Å²) in [6.07, 6.45) is 0.971. The molecule has 1 N–H and O–H groups in total. The maximum absolute atomic E-state index is 10.1. The average Bonchev–Trinajstić information content (AvgIpc) is 1.86. The lowest BCUT2D eigenvalue weighted by molar-refractivity contribution is -0.885. The van der Waals surface area contributed by atoms with Gasteiger partial charge in [-0.3, -0.25) is 5.17 Å². The highest BCUT2D eigenvalue weighted by atomic mass is 16.5. The number of quaternary nitrogens is 1. The van der Waals surface area contributed by atoms with Crippen LogP contribution in [0.5, 0.6) is 0 Å². The molecular weight excluding hydrogens is 80.0 g/mol. The Labute approximate surface area is 36.5 Å². The highest BCUT2D eigenvalue weighted by Crippen LogP contribution is 1.71. The first-order valence-electron chi connectivity index (χ1n) is 2.10. The van der Waals surface area contributed by atoms with Crippen LogP contribution in [0.15, 0.2) is 0 Å². The third-order valence-electron chi connectivity index (χ3n) is 0.837. The molecule has 1 atom stereocenters. The van der Waals surface area contributed by atoms with Crippen LogP contribution in [0.4, 0.5) is 0 Å². The van der Waals surface area contributed by atoms with Crippen molar-refractivity contribution >= 4 is 0 Å². The van der Waals surface area contributed by atoms with E-state index < -0.39 is 0 Å². The van der Waals surface area contributed by atoms with Crippen LogP contribution in [0.2, 0.25) is 0 Å². The SMILES string of the molecule is [O-][NH+]1CCC[N]1. The summed E-state index contributed by atoms with van der Waals surface area (Å²) in [5.41, 5.74) is 3.60. The van der Waals surface area contributed by atoms with Crippen LogP contribution >= 0.6 is 0 Å². The van der Waals surface area contributed by atoms with Gasteiger partial charge in [-0.05, 0) is 5.43 Å². The van der Waals surface area contributed by atoms with E-state index in [9.17, 15) is 5.21 Å². The summed E-state index contributed by atoms with van der Waals surface area (Å²) >= 11 is 0. The summed E-state index contributed by atoms with van der Waals surface area (Å²) in [4.78, 5) is 0. The zero-order valence-electron chi connectivity index (χ0n) is 3.48. The molecule has 0 bridgehead atoms. The summed E-state index contributed by atoms with van der Waals surface area (Å²) < 4.78 is 0. The second kappa shape index (κ2) is 1.55. The molecule has 3 nitrogen and oxygen atoms in total. The fourth-order valence-corrected chi connectivity index (χ4v) is 0.513. The van der Waals surface area contributed by atoms with Crippen molar-refractivity contribution in [2.75, 3.05) is 13.1 Å². The number of rotatable bonds is 0. The number of hydroxylamine groups is 1. The second-order valence-electron chi connectivity index (χ2n) is 1.38. The Morgan fingerprint density at radius 3 is 2.67 bits per heavy atom. The predicted octanol–water partition coefficient (Wildman–Crippen LogP) is -1.71. The molecule has 35 valence electrons. The summed E-state index contributed by atoms with van der Waals surface area (Å²) in [5, 5.41) is 10.2. The minimum absolute atomic E-state index is 0.0787. The standard InChI is InChI=1S/C3H7N2O/c6-5-3-1-2-4-5/h5H,1-3H2. The minimum atomic E-state index is 0.0787. The summed E-state index contributed by atoms with van der Waals surface area (Å²) in [6.45, 7) is 1.44. The maximum Gasteiger partial charge on any atom is 0.0973 e.